The van der Waals surface area contributed by atoms with Crippen molar-refractivity contribution in [3.63, 3.8) is 0 Å². The van der Waals surface area contributed by atoms with Crippen molar-refractivity contribution in [2.45, 2.75) is 18.5 Å². The minimum atomic E-state index is -3.74. The van der Waals surface area contributed by atoms with Crippen molar-refractivity contribution in [2.24, 2.45) is 5.92 Å². The number of carboxylic acid groups (broad SMARTS) is 2. The summed E-state index contributed by atoms with van der Waals surface area (Å²) < 4.78 is 12.1. The van der Waals surface area contributed by atoms with Gasteiger partial charge >= 0.3 is 11.9 Å². The molecule has 20 heavy (non-hydrogen) atoms. The van der Waals surface area contributed by atoms with Gasteiger partial charge in [0.05, 0.1) is 11.6 Å². The van der Waals surface area contributed by atoms with E-state index >= 15 is 0 Å². The SMILES string of the molecule is CP(=O)(O)C(c1ccccc1)C(CCC(=O)O)C(=O)O. The molecule has 3 unspecified atom stereocenters. The normalized spacial score (nSPS) is 16.9. The molecule has 0 aliphatic carbocycles. The fourth-order valence-corrected chi connectivity index (χ4v) is 3.86. The standard InChI is InChI=1S/C13H17O6P/c1-20(18,19)12(9-5-3-2-4-6-9)10(13(16)17)7-8-11(14)15/h2-6,10,12H,7-8H2,1H3,(H,14,15)(H,16,17)(H,18,19). The molecule has 0 spiro atoms. The summed E-state index contributed by atoms with van der Waals surface area (Å²) in [6.45, 7) is 1.10. The Hall–Kier alpha value is -1.65. The minimum Gasteiger partial charge on any atom is -0.481 e. The molecule has 0 saturated heterocycles. The number of hydrogen-bond acceptors (Lipinski definition) is 3. The maximum atomic E-state index is 12.1. The lowest BCUT2D eigenvalue weighted by Gasteiger charge is -2.26. The molecule has 0 saturated carbocycles. The predicted molar refractivity (Wildman–Crippen MR) is 72.9 cm³/mol. The highest BCUT2D eigenvalue weighted by molar-refractivity contribution is 7.57. The van der Waals surface area contributed by atoms with Crippen LogP contribution in [0, 0.1) is 5.92 Å². The van der Waals surface area contributed by atoms with Crippen LogP contribution in [0.5, 0.6) is 0 Å². The van der Waals surface area contributed by atoms with Crippen LogP contribution in [0.3, 0.4) is 0 Å². The summed E-state index contributed by atoms with van der Waals surface area (Å²) in [5.41, 5.74) is -0.681. The maximum Gasteiger partial charge on any atom is 0.307 e. The van der Waals surface area contributed by atoms with Crippen LogP contribution in [0.1, 0.15) is 24.1 Å². The zero-order valence-corrected chi connectivity index (χ0v) is 11.9. The Morgan fingerprint density at radius 1 is 1.20 bits per heavy atom. The van der Waals surface area contributed by atoms with E-state index in [-0.39, 0.29) is 12.8 Å². The molecule has 6 nitrogen and oxygen atoms in total. The molecular formula is C13H17O6P. The highest BCUT2D eigenvalue weighted by atomic mass is 31.2. The molecule has 0 heterocycles. The average molecular weight is 300 g/mol. The minimum absolute atomic E-state index is 0.192. The van der Waals surface area contributed by atoms with Gasteiger partial charge in [-0.25, -0.2) is 0 Å². The highest BCUT2D eigenvalue weighted by Gasteiger charge is 2.39. The average Bonchev–Trinajstić information content (AvgIpc) is 2.33. The number of rotatable bonds is 7. The third-order valence-electron chi connectivity index (χ3n) is 3.02. The maximum absolute atomic E-state index is 12.1. The van der Waals surface area contributed by atoms with Crippen LogP contribution < -0.4 is 0 Å². The van der Waals surface area contributed by atoms with Gasteiger partial charge in [0.2, 0.25) is 7.37 Å². The highest BCUT2D eigenvalue weighted by Crippen LogP contribution is 2.57. The topological polar surface area (TPSA) is 112 Å². The third-order valence-corrected chi connectivity index (χ3v) is 4.72. The van der Waals surface area contributed by atoms with Crippen LogP contribution >= 0.6 is 7.37 Å². The van der Waals surface area contributed by atoms with Crippen molar-refractivity contribution in [1.82, 2.24) is 0 Å². The van der Waals surface area contributed by atoms with Gasteiger partial charge in [-0.2, -0.15) is 0 Å². The molecule has 3 atom stereocenters. The molecular weight excluding hydrogens is 283 g/mol. The molecule has 0 amide bonds. The fraction of sp³-hybridized carbons (Fsp3) is 0.385. The zero-order chi connectivity index (χ0) is 15.3. The zero-order valence-electron chi connectivity index (χ0n) is 11.0. The van der Waals surface area contributed by atoms with E-state index in [1.807, 2.05) is 0 Å². The second-order valence-corrected chi connectivity index (χ2v) is 7.12. The second-order valence-electron chi connectivity index (χ2n) is 4.68. The molecule has 0 aliphatic heterocycles. The van der Waals surface area contributed by atoms with E-state index in [0.29, 0.717) is 5.56 Å². The van der Waals surface area contributed by atoms with Crippen molar-refractivity contribution in [3.05, 3.63) is 35.9 Å². The lowest BCUT2D eigenvalue weighted by atomic mass is 9.94. The quantitative estimate of drug-likeness (QED) is 0.665. The Bertz CT molecular complexity index is 521. The van der Waals surface area contributed by atoms with E-state index in [2.05, 4.69) is 0 Å². The van der Waals surface area contributed by atoms with Crippen molar-refractivity contribution >= 4 is 19.3 Å². The van der Waals surface area contributed by atoms with Gasteiger partial charge in [-0.15, -0.1) is 0 Å². The molecule has 0 radical (unpaired) electrons. The first kappa shape index (κ1) is 16.4. The molecule has 0 fully saturated rings. The fourth-order valence-electron chi connectivity index (χ4n) is 2.19. The first-order valence-corrected chi connectivity index (χ1v) is 8.20. The molecule has 110 valence electrons. The van der Waals surface area contributed by atoms with E-state index in [1.54, 1.807) is 30.3 Å². The van der Waals surface area contributed by atoms with Gasteiger partial charge in [-0.05, 0) is 12.0 Å². The summed E-state index contributed by atoms with van der Waals surface area (Å²) in [5.74, 6) is -3.61. The van der Waals surface area contributed by atoms with Crippen LogP contribution in [-0.4, -0.2) is 33.7 Å². The lowest BCUT2D eigenvalue weighted by Crippen LogP contribution is -2.23. The monoisotopic (exact) mass is 300 g/mol. The summed E-state index contributed by atoms with van der Waals surface area (Å²) in [6.07, 6.45) is -0.553. The van der Waals surface area contributed by atoms with Gasteiger partial charge in [0.15, 0.2) is 0 Å². The number of aliphatic carboxylic acids is 2. The first-order chi connectivity index (χ1) is 9.23. The number of carbonyl (C=O) groups is 2. The van der Waals surface area contributed by atoms with Gasteiger partial charge in [-0.3, -0.25) is 14.2 Å². The second kappa shape index (κ2) is 6.68. The summed E-state index contributed by atoms with van der Waals surface area (Å²) in [5, 5.41) is 17.9. The van der Waals surface area contributed by atoms with Crippen molar-refractivity contribution in [1.29, 1.82) is 0 Å². The van der Waals surface area contributed by atoms with Gasteiger partial charge in [0.1, 0.15) is 0 Å². The Balaban J connectivity index is 3.16. The van der Waals surface area contributed by atoms with Gasteiger partial charge in [0, 0.05) is 13.1 Å². The summed E-state index contributed by atoms with van der Waals surface area (Å²) in [6, 6.07) is 8.16. The van der Waals surface area contributed by atoms with Gasteiger partial charge < -0.3 is 15.1 Å². The summed E-state index contributed by atoms with van der Waals surface area (Å²) in [7, 11) is -3.74. The Morgan fingerprint density at radius 2 is 1.75 bits per heavy atom. The predicted octanol–water partition coefficient (Wildman–Crippen LogP) is 2.19. The number of carboxylic acids is 2. The van der Waals surface area contributed by atoms with Crippen LogP contribution in [-0.2, 0) is 14.2 Å². The smallest absolute Gasteiger partial charge is 0.307 e. The van der Waals surface area contributed by atoms with Crippen LogP contribution in [0.2, 0.25) is 0 Å². The Labute approximate surface area is 116 Å². The summed E-state index contributed by atoms with van der Waals surface area (Å²) in [4.78, 5) is 31.8. The molecule has 3 N–H and O–H groups in total. The van der Waals surface area contributed by atoms with Crippen molar-refractivity contribution in [3.8, 4) is 0 Å². The van der Waals surface area contributed by atoms with Crippen molar-refractivity contribution < 1.29 is 29.3 Å². The molecule has 1 rings (SSSR count). The Kier molecular flexibility index (Phi) is 5.48. The van der Waals surface area contributed by atoms with E-state index in [9.17, 15) is 24.2 Å². The van der Waals surface area contributed by atoms with E-state index < -0.39 is 30.9 Å². The number of benzene rings is 1. The van der Waals surface area contributed by atoms with Crippen LogP contribution in [0.15, 0.2) is 30.3 Å². The van der Waals surface area contributed by atoms with Crippen LogP contribution in [0.25, 0.3) is 0 Å². The number of hydrogen-bond donors (Lipinski definition) is 3. The largest absolute Gasteiger partial charge is 0.481 e. The first-order valence-electron chi connectivity index (χ1n) is 6.03. The van der Waals surface area contributed by atoms with Crippen molar-refractivity contribution in [2.75, 3.05) is 6.66 Å². The molecule has 1 aromatic carbocycles. The van der Waals surface area contributed by atoms with Crippen LogP contribution in [0.4, 0.5) is 0 Å². The molecule has 1 aromatic rings. The Morgan fingerprint density at radius 3 is 2.15 bits per heavy atom. The molecule has 0 aliphatic rings. The van der Waals surface area contributed by atoms with Gasteiger partial charge in [-0.1, -0.05) is 30.3 Å². The van der Waals surface area contributed by atoms with E-state index in [0.717, 1.165) is 6.66 Å². The lowest BCUT2D eigenvalue weighted by molar-refractivity contribution is -0.143. The molecule has 7 heteroatoms. The molecule has 0 aromatic heterocycles. The van der Waals surface area contributed by atoms with Gasteiger partial charge in [0.25, 0.3) is 0 Å². The van der Waals surface area contributed by atoms with E-state index in [4.69, 9.17) is 5.11 Å². The van der Waals surface area contributed by atoms with E-state index in [1.165, 1.54) is 0 Å². The summed E-state index contributed by atoms with van der Waals surface area (Å²) >= 11 is 0. The molecule has 0 bridgehead atoms. The third kappa shape index (κ3) is 4.47.